The first-order chi connectivity index (χ1) is 5.59. The topological polar surface area (TPSA) is 38.9 Å². The fraction of sp³-hybridized carbons (Fsp3) is 0.444. The van der Waals surface area contributed by atoms with E-state index in [-0.39, 0.29) is 5.54 Å². The number of halogens is 1. The molecule has 0 saturated carbocycles. The molecule has 1 heterocycles. The SMILES string of the molecule is CC1(N)CCc2cc(Br)cnc21. The third-order valence-corrected chi connectivity index (χ3v) is 2.82. The smallest absolute Gasteiger partial charge is 0.0632 e. The van der Waals surface area contributed by atoms with E-state index in [1.807, 2.05) is 13.1 Å². The van der Waals surface area contributed by atoms with Gasteiger partial charge in [0.05, 0.1) is 11.2 Å². The molecule has 0 aliphatic heterocycles. The van der Waals surface area contributed by atoms with Crippen LogP contribution in [0.1, 0.15) is 24.6 Å². The molecule has 2 nitrogen and oxygen atoms in total. The Labute approximate surface area is 80.3 Å². The van der Waals surface area contributed by atoms with Crippen LogP contribution in [0, 0.1) is 0 Å². The Balaban J connectivity index is 2.55. The van der Waals surface area contributed by atoms with Crippen LogP contribution in [0.2, 0.25) is 0 Å². The van der Waals surface area contributed by atoms with Gasteiger partial charge in [-0.2, -0.15) is 0 Å². The van der Waals surface area contributed by atoms with E-state index < -0.39 is 0 Å². The zero-order chi connectivity index (χ0) is 8.77. The largest absolute Gasteiger partial charge is 0.320 e. The normalized spacial score (nSPS) is 27.2. The highest BCUT2D eigenvalue weighted by Crippen LogP contribution is 2.33. The molecule has 2 rings (SSSR count). The number of fused-ring (bicyclic) bond motifs is 1. The average Bonchev–Trinajstić information content (AvgIpc) is 2.27. The summed E-state index contributed by atoms with van der Waals surface area (Å²) in [5.41, 5.74) is 8.20. The van der Waals surface area contributed by atoms with Gasteiger partial charge < -0.3 is 5.73 Å². The number of hydrogen-bond donors (Lipinski definition) is 1. The Morgan fingerprint density at radius 1 is 1.67 bits per heavy atom. The summed E-state index contributed by atoms with van der Waals surface area (Å²) >= 11 is 3.40. The highest BCUT2D eigenvalue weighted by molar-refractivity contribution is 9.10. The van der Waals surface area contributed by atoms with Crippen molar-refractivity contribution in [1.29, 1.82) is 0 Å². The average molecular weight is 227 g/mol. The second-order valence-corrected chi connectivity index (χ2v) is 4.49. The van der Waals surface area contributed by atoms with Crippen LogP contribution in [0.4, 0.5) is 0 Å². The van der Waals surface area contributed by atoms with Crippen molar-refractivity contribution in [3.63, 3.8) is 0 Å². The van der Waals surface area contributed by atoms with E-state index in [0.717, 1.165) is 23.0 Å². The van der Waals surface area contributed by atoms with E-state index >= 15 is 0 Å². The lowest BCUT2D eigenvalue weighted by molar-refractivity contribution is 0.480. The van der Waals surface area contributed by atoms with Gasteiger partial charge >= 0.3 is 0 Å². The molecular weight excluding hydrogens is 216 g/mol. The molecule has 1 aliphatic rings. The first-order valence-electron chi connectivity index (χ1n) is 4.03. The molecule has 64 valence electrons. The number of nitrogens with two attached hydrogens (primary N) is 1. The molecule has 0 fully saturated rings. The highest BCUT2D eigenvalue weighted by atomic mass is 79.9. The third kappa shape index (κ3) is 1.17. The Hall–Kier alpha value is -0.410. The number of aromatic nitrogens is 1. The van der Waals surface area contributed by atoms with Gasteiger partial charge in [-0.3, -0.25) is 4.98 Å². The van der Waals surface area contributed by atoms with Gasteiger partial charge in [-0.25, -0.2) is 0 Å². The maximum Gasteiger partial charge on any atom is 0.0632 e. The summed E-state index contributed by atoms with van der Waals surface area (Å²) in [6.45, 7) is 2.04. The Morgan fingerprint density at radius 2 is 2.42 bits per heavy atom. The van der Waals surface area contributed by atoms with Crippen molar-refractivity contribution >= 4 is 15.9 Å². The van der Waals surface area contributed by atoms with Crippen LogP contribution < -0.4 is 5.73 Å². The van der Waals surface area contributed by atoms with Crippen molar-refractivity contribution in [3.8, 4) is 0 Å². The zero-order valence-electron chi connectivity index (χ0n) is 6.97. The van der Waals surface area contributed by atoms with E-state index in [4.69, 9.17) is 5.73 Å². The number of pyridine rings is 1. The van der Waals surface area contributed by atoms with Crippen LogP contribution >= 0.6 is 15.9 Å². The van der Waals surface area contributed by atoms with Crippen LogP contribution in [0.25, 0.3) is 0 Å². The molecule has 0 saturated heterocycles. The lowest BCUT2D eigenvalue weighted by Crippen LogP contribution is -2.30. The molecule has 1 atom stereocenters. The minimum atomic E-state index is -0.212. The van der Waals surface area contributed by atoms with E-state index in [1.54, 1.807) is 0 Å². The molecule has 2 N–H and O–H groups in total. The van der Waals surface area contributed by atoms with E-state index in [0.29, 0.717) is 0 Å². The minimum absolute atomic E-state index is 0.212. The van der Waals surface area contributed by atoms with Gasteiger partial charge in [0.25, 0.3) is 0 Å². The summed E-state index contributed by atoms with van der Waals surface area (Å²) in [6, 6.07) is 2.11. The molecule has 1 aromatic rings. The lowest BCUT2D eigenvalue weighted by Gasteiger charge is -2.17. The van der Waals surface area contributed by atoms with Crippen molar-refractivity contribution in [1.82, 2.24) is 4.98 Å². The predicted octanol–water partition coefficient (Wildman–Crippen LogP) is 1.96. The summed E-state index contributed by atoms with van der Waals surface area (Å²) in [4.78, 5) is 4.34. The molecular formula is C9H11BrN2. The number of hydrogen-bond acceptors (Lipinski definition) is 2. The first-order valence-corrected chi connectivity index (χ1v) is 4.83. The summed E-state index contributed by atoms with van der Waals surface area (Å²) in [7, 11) is 0. The van der Waals surface area contributed by atoms with Gasteiger partial charge in [-0.05, 0) is 47.3 Å². The van der Waals surface area contributed by atoms with Crippen molar-refractivity contribution in [2.75, 3.05) is 0 Å². The molecule has 3 heteroatoms. The van der Waals surface area contributed by atoms with Crippen LogP contribution in [0.15, 0.2) is 16.7 Å². The third-order valence-electron chi connectivity index (χ3n) is 2.39. The standard InChI is InChI=1S/C9H11BrN2/c1-9(11)3-2-6-4-7(10)5-12-8(6)9/h4-5H,2-3,11H2,1H3. The number of rotatable bonds is 0. The van der Waals surface area contributed by atoms with Gasteiger partial charge in [0.2, 0.25) is 0 Å². The van der Waals surface area contributed by atoms with Gasteiger partial charge in [0.15, 0.2) is 0 Å². The maximum absolute atomic E-state index is 6.06. The van der Waals surface area contributed by atoms with Crippen molar-refractivity contribution in [3.05, 3.63) is 28.0 Å². The fourth-order valence-electron chi connectivity index (χ4n) is 1.70. The zero-order valence-corrected chi connectivity index (χ0v) is 8.56. The summed E-state index contributed by atoms with van der Waals surface area (Å²) in [6.07, 6.45) is 3.87. The van der Waals surface area contributed by atoms with Crippen LogP contribution in [0.3, 0.4) is 0 Å². The second kappa shape index (κ2) is 2.54. The van der Waals surface area contributed by atoms with Gasteiger partial charge in [0, 0.05) is 10.7 Å². The van der Waals surface area contributed by atoms with E-state index in [9.17, 15) is 0 Å². The van der Waals surface area contributed by atoms with E-state index in [1.165, 1.54) is 5.56 Å². The number of aryl methyl sites for hydroxylation is 1. The van der Waals surface area contributed by atoms with E-state index in [2.05, 4.69) is 27.0 Å². The predicted molar refractivity (Wildman–Crippen MR) is 51.8 cm³/mol. The molecule has 1 aliphatic carbocycles. The van der Waals surface area contributed by atoms with Crippen molar-refractivity contribution in [2.45, 2.75) is 25.3 Å². The lowest BCUT2D eigenvalue weighted by atomic mass is 10.0. The summed E-state index contributed by atoms with van der Waals surface area (Å²) < 4.78 is 1.04. The van der Waals surface area contributed by atoms with Gasteiger partial charge in [0.1, 0.15) is 0 Å². The summed E-state index contributed by atoms with van der Waals surface area (Å²) in [5, 5.41) is 0. The van der Waals surface area contributed by atoms with Crippen molar-refractivity contribution in [2.24, 2.45) is 5.73 Å². The molecule has 0 radical (unpaired) electrons. The second-order valence-electron chi connectivity index (χ2n) is 3.58. The van der Waals surface area contributed by atoms with Gasteiger partial charge in [-0.15, -0.1) is 0 Å². The molecule has 0 amide bonds. The quantitative estimate of drug-likeness (QED) is 0.735. The monoisotopic (exact) mass is 226 g/mol. The molecule has 1 aromatic heterocycles. The molecule has 1 unspecified atom stereocenters. The van der Waals surface area contributed by atoms with Gasteiger partial charge in [-0.1, -0.05) is 0 Å². The van der Waals surface area contributed by atoms with Crippen LogP contribution in [0.5, 0.6) is 0 Å². The maximum atomic E-state index is 6.06. The van der Waals surface area contributed by atoms with Crippen molar-refractivity contribution < 1.29 is 0 Å². The highest BCUT2D eigenvalue weighted by Gasteiger charge is 2.31. The summed E-state index contributed by atoms with van der Waals surface area (Å²) in [5.74, 6) is 0. The molecule has 12 heavy (non-hydrogen) atoms. The minimum Gasteiger partial charge on any atom is -0.320 e. The van der Waals surface area contributed by atoms with Crippen LogP contribution in [-0.4, -0.2) is 4.98 Å². The molecule has 0 aromatic carbocycles. The Morgan fingerprint density at radius 3 is 3.17 bits per heavy atom. The first kappa shape index (κ1) is 8.20. The Bertz CT molecular complexity index is 320. The fourth-order valence-corrected chi connectivity index (χ4v) is 2.08. The number of nitrogens with zero attached hydrogens (tertiary/aromatic N) is 1. The molecule has 0 bridgehead atoms. The molecule has 0 spiro atoms. The Kier molecular flexibility index (Phi) is 1.73. The van der Waals surface area contributed by atoms with Crippen LogP contribution in [-0.2, 0) is 12.0 Å².